The van der Waals surface area contributed by atoms with Gasteiger partial charge in [0.05, 0.1) is 5.56 Å². The van der Waals surface area contributed by atoms with E-state index in [1.807, 2.05) is 11.9 Å². The number of rotatable bonds is 2. The van der Waals surface area contributed by atoms with Crippen molar-refractivity contribution in [3.63, 3.8) is 0 Å². The number of hydrazone groups is 1. The number of nitrogens with zero attached hydrogens (tertiary/aromatic N) is 2. The molecule has 0 bridgehead atoms. The molecule has 5 nitrogen and oxygen atoms in total. The molecule has 3 rings (SSSR count). The minimum Gasteiger partial charge on any atom is -0.466 e. The fraction of sp³-hybridized carbons (Fsp3) is 0.333. The lowest BCUT2D eigenvalue weighted by Gasteiger charge is -2.18. The molecule has 1 N–H and O–H groups in total. The van der Waals surface area contributed by atoms with E-state index in [2.05, 4.69) is 10.5 Å². The van der Waals surface area contributed by atoms with Crippen molar-refractivity contribution in [1.29, 1.82) is 0 Å². The summed E-state index contributed by atoms with van der Waals surface area (Å²) in [5.41, 5.74) is 2.43. The molecule has 0 fully saturated rings. The zero-order valence-corrected chi connectivity index (χ0v) is 12.3. The second kappa shape index (κ2) is 5.69. The predicted octanol–water partition coefficient (Wildman–Crippen LogP) is 1.84. The Balaban J connectivity index is 2.01. The second-order valence-corrected chi connectivity index (χ2v) is 5.42. The van der Waals surface area contributed by atoms with Gasteiger partial charge in [0.2, 0.25) is 5.90 Å². The van der Waals surface area contributed by atoms with Crippen molar-refractivity contribution in [3.05, 3.63) is 41.0 Å². The highest BCUT2D eigenvalue weighted by Crippen LogP contribution is 2.37. The number of benzene rings is 1. The van der Waals surface area contributed by atoms with Crippen LogP contribution in [0.3, 0.4) is 0 Å². The van der Waals surface area contributed by atoms with E-state index in [4.69, 9.17) is 4.74 Å². The summed E-state index contributed by atoms with van der Waals surface area (Å²) in [6.45, 7) is 0.823. The average molecular weight is 325 g/mol. The number of carbonyl (C=O) groups excluding carboxylic acids is 1. The molecule has 0 radical (unpaired) electrons. The molecular weight excluding hydrogens is 311 g/mol. The van der Waals surface area contributed by atoms with E-state index in [-0.39, 0.29) is 23.6 Å². The summed E-state index contributed by atoms with van der Waals surface area (Å²) in [4.78, 5) is 12.9. The molecule has 0 spiro atoms. The van der Waals surface area contributed by atoms with Gasteiger partial charge in [-0.05, 0) is 30.3 Å². The first-order chi connectivity index (χ1) is 10.8. The van der Waals surface area contributed by atoms with Gasteiger partial charge in [0, 0.05) is 18.7 Å². The van der Waals surface area contributed by atoms with E-state index in [1.165, 1.54) is 12.1 Å². The van der Waals surface area contributed by atoms with Crippen molar-refractivity contribution in [2.75, 3.05) is 26.7 Å². The molecule has 2 aliphatic heterocycles. The van der Waals surface area contributed by atoms with Gasteiger partial charge in [-0.15, -0.1) is 5.10 Å². The summed E-state index contributed by atoms with van der Waals surface area (Å²) in [6, 6.07) is 3.94. The van der Waals surface area contributed by atoms with Gasteiger partial charge in [0.1, 0.15) is 0 Å². The number of nitrogens with one attached hydrogen (secondary N) is 1. The smallest absolute Gasteiger partial charge is 0.417 e. The van der Waals surface area contributed by atoms with E-state index in [0.29, 0.717) is 18.7 Å². The van der Waals surface area contributed by atoms with E-state index in [9.17, 15) is 18.0 Å². The number of likely N-dealkylation sites (N-methyl/N-ethyl adjacent to an activating group) is 1. The van der Waals surface area contributed by atoms with Crippen LogP contribution in [-0.4, -0.2) is 43.4 Å². The molecule has 0 unspecified atom stereocenters. The lowest BCUT2D eigenvalue weighted by atomic mass is 9.97. The van der Waals surface area contributed by atoms with Gasteiger partial charge in [-0.25, -0.2) is 5.43 Å². The molecule has 0 atom stereocenters. The van der Waals surface area contributed by atoms with Gasteiger partial charge in [-0.1, -0.05) is 12.1 Å². The molecule has 0 aliphatic carbocycles. The molecule has 1 aromatic rings. The molecule has 2 heterocycles. The summed E-state index contributed by atoms with van der Waals surface area (Å²) < 4.78 is 45.3. The third-order valence-corrected chi connectivity index (χ3v) is 3.63. The molecule has 8 heteroatoms. The Hall–Kier alpha value is -2.35. The highest BCUT2D eigenvalue weighted by atomic mass is 19.4. The van der Waals surface area contributed by atoms with Crippen molar-refractivity contribution in [2.24, 2.45) is 5.10 Å². The SMILES string of the molecule is CN1CC=C(c2ccc(C3=NNC(=O)CO3)cc2C(F)(F)F)C1. The predicted molar refractivity (Wildman–Crippen MR) is 77.5 cm³/mol. The van der Waals surface area contributed by atoms with Gasteiger partial charge in [0.25, 0.3) is 5.91 Å². The Bertz CT molecular complexity index is 710. The highest BCUT2D eigenvalue weighted by molar-refractivity contribution is 5.98. The maximum absolute atomic E-state index is 13.4. The molecule has 0 saturated carbocycles. The summed E-state index contributed by atoms with van der Waals surface area (Å²) in [6.07, 6.45) is -2.70. The number of hydrogen-bond acceptors (Lipinski definition) is 4. The Kier molecular flexibility index (Phi) is 3.85. The van der Waals surface area contributed by atoms with Crippen LogP contribution in [0.15, 0.2) is 29.4 Å². The maximum atomic E-state index is 13.4. The third-order valence-electron chi connectivity index (χ3n) is 3.63. The van der Waals surface area contributed by atoms with Crippen molar-refractivity contribution < 1.29 is 22.7 Å². The van der Waals surface area contributed by atoms with Gasteiger partial charge in [-0.2, -0.15) is 13.2 Å². The Morgan fingerprint density at radius 3 is 2.70 bits per heavy atom. The van der Waals surface area contributed by atoms with Crippen LogP contribution >= 0.6 is 0 Å². The number of halogens is 3. The first-order valence-corrected chi connectivity index (χ1v) is 6.93. The van der Waals surface area contributed by atoms with E-state index < -0.39 is 17.6 Å². The fourth-order valence-corrected chi connectivity index (χ4v) is 2.53. The number of alkyl halides is 3. The number of ether oxygens (including phenoxy) is 1. The van der Waals surface area contributed by atoms with Crippen LogP contribution in [0.5, 0.6) is 0 Å². The molecule has 1 aromatic carbocycles. The van der Waals surface area contributed by atoms with Crippen molar-refractivity contribution >= 4 is 17.4 Å². The summed E-state index contributed by atoms with van der Waals surface area (Å²) in [7, 11) is 1.85. The topological polar surface area (TPSA) is 53.9 Å². The zero-order valence-electron chi connectivity index (χ0n) is 12.3. The molecule has 0 saturated heterocycles. The van der Waals surface area contributed by atoms with Gasteiger partial charge < -0.3 is 4.74 Å². The van der Waals surface area contributed by atoms with Crippen LogP contribution in [0, 0.1) is 0 Å². The Labute approximate surface area is 130 Å². The Morgan fingerprint density at radius 2 is 2.13 bits per heavy atom. The van der Waals surface area contributed by atoms with E-state index in [1.54, 1.807) is 6.08 Å². The quantitative estimate of drug-likeness (QED) is 0.903. The number of hydrogen-bond donors (Lipinski definition) is 1. The van der Waals surface area contributed by atoms with Crippen molar-refractivity contribution in [1.82, 2.24) is 10.3 Å². The van der Waals surface area contributed by atoms with Crippen LogP contribution in [0.2, 0.25) is 0 Å². The van der Waals surface area contributed by atoms with Crippen LogP contribution in [0.4, 0.5) is 13.2 Å². The average Bonchev–Trinajstić information content (AvgIpc) is 2.93. The minimum atomic E-state index is -4.49. The summed E-state index contributed by atoms with van der Waals surface area (Å²) in [5, 5.41) is 3.65. The van der Waals surface area contributed by atoms with Crippen LogP contribution < -0.4 is 5.43 Å². The molecule has 1 amide bonds. The second-order valence-electron chi connectivity index (χ2n) is 5.42. The van der Waals surface area contributed by atoms with E-state index in [0.717, 1.165) is 6.07 Å². The molecule has 0 aromatic heterocycles. The van der Waals surface area contributed by atoms with Crippen molar-refractivity contribution in [3.8, 4) is 0 Å². The maximum Gasteiger partial charge on any atom is 0.417 e. The zero-order chi connectivity index (χ0) is 16.6. The van der Waals surface area contributed by atoms with Crippen LogP contribution in [-0.2, 0) is 15.7 Å². The first kappa shape index (κ1) is 15.5. The van der Waals surface area contributed by atoms with Gasteiger partial charge >= 0.3 is 6.18 Å². The van der Waals surface area contributed by atoms with Crippen molar-refractivity contribution in [2.45, 2.75) is 6.18 Å². The largest absolute Gasteiger partial charge is 0.466 e. The van der Waals surface area contributed by atoms with Crippen LogP contribution in [0.1, 0.15) is 16.7 Å². The van der Waals surface area contributed by atoms with Gasteiger partial charge in [-0.3, -0.25) is 9.69 Å². The summed E-state index contributed by atoms with van der Waals surface area (Å²) >= 11 is 0. The molecule has 23 heavy (non-hydrogen) atoms. The Morgan fingerprint density at radius 1 is 1.35 bits per heavy atom. The number of amides is 1. The molecule has 122 valence electrons. The fourth-order valence-electron chi connectivity index (χ4n) is 2.53. The summed E-state index contributed by atoms with van der Waals surface area (Å²) in [5.74, 6) is -0.472. The molecular formula is C15H14F3N3O2. The standard InChI is InChI=1S/C15H14F3N3O2/c1-21-5-4-10(7-21)11-3-2-9(6-12(11)15(16,17)18)14-20-19-13(22)8-23-14/h2-4,6H,5,7-8H2,1H3,(H,19,22). The molecule has 2 aliphatic rings. The number of carbonyl (C=O) groups is 1. The first-order valence-electron chi connectivity index (χ1n) is 6.93. The lowest BCUT2D eigenvalue weighted by molar-refractivity contribution is -0.137. The minimum absolute atomic E-state index is 0.0285. The van der Waals surface area contributed by atoms with E-state index >= 15 is 0 Å². The van der Waals surface area contributed by atoms with Gasteiger partial charge in [0.15, 0.2) is 6.61 Å². The monoisotopic (exact) mass is 325 g/mol. The third kappa shape index (κ3) is 3.21. The van der Waals surface area contributed by atoms with Crippen LogP contribution in [0.25, 0.3) is 5.57 Å². The lowest BCUT2D eigenvalue weighted by Crippen LogP contribution is -2.32. The highest BCUT2D eigenvalue weighted by Gasteiger charge is 2.35. The normalized spacial score (nSPS) is 19.0.